The summed E-state index contributed by atoms with van der Waals surface area (Å²) in [6.45, 7) is -0.00812. The number of nitrogens with one attached hydrogen (secondary N) is 1. The number of benzene rings is 3. The second-order valence-corrected chi connectivity index (χ2v) is 10.2. The number of hydrogen-bond donors (Lipinski definition) is 3. The highest BCUT2D eigenvalue weighted by Crippen LogP contribution is 2.24. The molecule has 3 amide bonds. The number of aromatic hydroxyl groups is 1. The van der Waals surface area contributed by atoms with Crippen LogP contribution in [0.2, 0.25) is 0 Å². The number of amides is 3. The van der Waals surface area contributed by atoms with E-state index in [1.807, 2.05) is 30.3 Å². The number of likely N-dealkylation sites (N-methyl/N-ethyl adjacent to an activating group) is 2. The van der Waals surface area contributed by atoms with Gasteiger partial charge >= 0.3 is 6.03 Å². The molecule has 11 heteroatoms. The Morgan fingerprint density at radius 3 is 2.44 bits per heavy atom. The zero-order valence-corrected chi connectivity index (χ0v) is 23.1. The normalized spacial score (nSPS) is 16.7. The second kappa shape index (κ2) is 13.5. The molecule has 0 spiro atoms. The molecule has 1 unspecified atom stereocenters. The van der Waals surface area contributed by atoms with E-state index in [0.717, 1.165) is 17.2 Å². The van der Waals surface area contributed by atoms with Gasteiger partial charge in [0.15, 0.2) is 0 Å². The molecule has 9 nitrogen and oxygen atoms in total. The lowest BCUT2D eigenvalue weighted by atomic mass is 10.0. The number of carbonyl (C=O) groups is 2. The fourth-order valence-electron chi connectivity index (χ4n) is 5.06. The van der Waals surface area contributed by atoms with Crippen LogP contribution in [0.25, 0.3) is 0 Å². The molecule has 1 fully saturated rings. The molecule has 1 heterocycles. The van der Waals surface area contributed by atoms with Gasteiger partial charge in [0.25, 0.3) is 0 Å². The Morgan fingerprint density at radius 2 is 1.78 bits per heavy atom. The number of carbonyl (C=O) groups excluding carboxylic acids is 2. The first-order valence-electron chi connectivity index (χ1n) is 13.3. The van der Waals surface area contributed by atoms with E-state index in [-0.39, 0.29) is 56.4 Å². The first-order valence-corrected chi connectivity index (χ1v) is 13.3. The summed E-state index contributed by atoms with van der Waals surface area (Å²) in [6.07, 6.45) is -0.585. The minimum absolute atomic E-state index is 0.0928. The van der Waals surface area contributed by atoms with Gasteiger partial charge in [-0.1, -0.05) is 48.5 Å². The van der Waals surface area contributed by atoms with Gasteiger partial charge in [-0.25, -0.2) is 23.6 Å². The van der Waals surface area contributed by atoms with Gasteiger partial charge in [-0.05, 0) is 42.8 Å². The van der Waals surface area contributed by atoms with Gasteiger partial charge in [0.2, 0.25) is 5.91 Å². The highest BCUT2D eigenvalue weighted by Gasteiger charge is 2.43. The molecule has 0 bridgehead atoms. The molecular weight excluding hydrogens is 532 g/mol. The van der Waals surface area contributed by atoms with Crippen molar-refractivity contribution in [3.63, 3.8) is 0 Å². The quantitative estimate of drug-likeness (QED) is 0.349. The fraction of sp³-hybridized carbons (Fsp3) is 0.333. The molecule has 1 aliphatic heterocycles. The van der Waals surface area contributed by atoms with Gasteiger partial charge in [0, 0.05) is 38.3 Å². The van der Waals surface area contributed by atoms with E-state index in [2.05, 4.69) is 5.32 Å². The number of phenols is 1. The predicted molar refractivity (Wildman–Crippen MR) is 149 cm³/mol. The topological polar surface area (TPSA) is 99.6 Å². The van der Waals surface area contributed by atoms with Crippen LogP contribution >= 0.6 is 0 Å². The van der Waals surface area contributed by atoms with Crippen molar-refractivity contribution in [2.45, 2.75) is 31.7 Å². The summed E-state index contributed by atoms with van der Waals surface area (Å²) in [5.74, 6) is -1.56. The standard InChI is InChI=1S/C30H35F2N5O4/c1-34(17-23-10-11-24(31)15-27(23)32)18-28-36(25(20-38)14-21-8-12-26(39)13-9-21)29(40)19-35(2)37(28)30(41)33-16-22-6-4-3-5-7-22/h3-13,15,25,28,38-39H,14,16-20H2,1-2H3,(H,33,41)/t25-,28?/m0/s1. The van der Waals surface area contributed by atoms with Crippen LogP contribution < -0.4 is 5.32 Å². The summed E-state index contributed by atoms with van der Waals surface area (Å²) in [7, 11) is 3.35. The lowest BCUT2D eigenvalue weighted by Gasteiger charge is -2.51. The molecule has 0 radical (unpaired) electrons. The van der Waals surface area contributed by atoms with Crippen LogP contribution in [-0.2, 0) is 24.3 Å². The molecule has 218 valence electrons. The van der Waals surface area contributed by atoms with Crippen molar-refractivity contribution >= 4 is 11.9 Å². The largest absolute Gasteiger partial charge is 0.508 e. The van der Waals surface area contributed by atoms with Crippen molar-refractivity contribution in [2.24, 2.45) is 0 Å². The smallest absolute Gasteiger partial charge is 0.334 e. The fourth-order valence-corrected chi connectivity index (χ4v) is 5.06. The Labute approximate surface area is 238 Å². The van der Waals surface area contributed by atoms with Gasteiger partial charge in [-0.2, -0.15) is 0 Å². The van der Waals surface area contributed by atoms with Gasteiger partial charge in [0.05, 0.1) is 19.2 Å². The van der Waals surface area contributed by atoms with Crippen molar-refractivity contribution < 1.29 is 28.6 Å². The maximum atomic E-state index is 14.4. The third-order valence-corrected chi connectivity index (χ3v) is 7.06. The number of phenolic OH excluding ortho intramolecular Hbond substituents is 1. The minimum Gasteiger partial charge on any atom is -0.508 e. The Morgan fingerprint density at radius 1 is 1.07 bits per heavy atom. The first-order chi connectivity index (χ1) is 19.7. The van der Waals surface area contributed by atoms with E-state index in [1.54, 1.807) is 31.1 Å². The van der Waals surface area contributed by atoms with Crippen LogP contribution in [0.1, 0.15) is 16.7 Å². The zero-order valence-electron chi connectivity index (χ0n) is 23.1. The molecule has 0 aromatic heterocycles. The molecule has 0 aliphatic carbocycles. The van der Waals surface area contributed by atoms with Gasteiger partial charge in [-0.3, -0.25) is 9.69 Å². The number of rotatable bonds is 10. The van der Waals surface area contributed by atoms with Crippen LogP contribution in [0.5, 0.6) is 5.75 Å². The zero-order chi connectivity index (χ0) is 29.5. The average Bonchev–Trinajstić information content (AvgIpc) is 2.94. The number of hydrogen-bond acceptors (Lipinski definition) is 6. The maximum absolute atomic E-state index is 14.4. The number of halogens is 2. The lowest BCUT2D eigenvalue weighted by Crippen LogP contribution is -2.71. The monoisotopic (exact) mass is 567 g/mol. The second-order valence-electron chi connectivity index (χ2n) is 10.2. The van der Waals surface area contributed by atoms with Crippen molar-refractivity contribution in [3.8, 4) is 5.75 Å². The van der Waals surface area contributed by atoms with Crippen molar-refractivity contribution in [1.82, 2.24) is 25.1 Å². The van der Waals surface area contributed by atoms with E-state index in [0.29, 0.717) is 0 Å². The van der Waals surface area contributed by atoms with E-state index in [4.69, 9.17) is 0 Å². The number of aliphatic hydroxyl groups is 1. The molecule has 3 N–H and O–H groups in total. The van der Waals surface area contributed by atoms with Gasteiger partial charge in [0.1, 0.15) is 23.5 Å². The highest BCUT2D eigenvalue weighted by molar-refractivity contribution is 5.82. The first kappa shape index (κ1) is 29.9. The lowest BCUT2D eigenvalue weighted by molar-refractivity contribution is -0.172. The predicted octanol–water partition coefficient (Wildman–Crippen LogP) is 2.93. The molecule has 0 saturated carbocycles. The van der Waals surface area contributed by atoms with E-state index < -0.39 is 29.9 Å². The summed E-state index contributed by atoms with van der Waals surface area (Å²) in [5, 5.41) is 26.0. The highest BCUT2D eigenvalue weighted by atomic mass is 19.1. The van der Waals surface area contributed by atoms with Crippen molar-refractivity contribution in [3.05, 3.63) is 101 Å². The number of aliphatic hydroxyl groups excluding tert-OH is 1. The van der Waals surface area contributed by atoms with Crippen LogP contribution in [0, 0.1) is 11.6 Å². The average molecular weight is 568 g/mol. The summed E-state index contributed by atoms with van der Waals surface area (Å²) < 4.78 is 27.9. The summed E-state index contributed by atoms with van der Waals surface area (Å²) in [6, 6.07) is 18.1. The molecule has 3 aromatic carbocycles. The molecule has 4 rings (SSSR count). The van der Waals surface area contributed by atoms with Crippen LogP contribution in [-0.4, -0.2) is 88.0 Å². The van der Waals surface area contributed by atoms with Crippen LogP contribution in [0.4, 0.5) is 13.6 Å². The summed E-state index contributed by atoms with van der Waals surface area (Å²) in [4.78, 5) is 30.3. The maximum Gasteiger partial charge on any atom is 0.334 e. The van der Waals surface area contributed by atoms with Crippen molar-refractivity contribution in [2.75, 3.05) is 33.8 Å². The van der Waals surface area contributed by atoms with Crippen molar-refractivity contribution in [1.29, 1.82) is 0 Å². The van der Waals surface area contributed by atoms with E-state index in [9.17, 15) is 28.6 Å². The summed E-state index contributed by atoms with van der Waals surface area (Å²) >= 11 is 0. The van der Waals surface area contributed by atoms with E-state index >= 15 is 0 Å². The van der Waals surface area contributed by atoms with Gasteiger partial charge < -0.3 is 20.4 Å². The number of nitrogens with zero attached hydrogens (tertiary/aromatic N) is 4. The Bertz CT molecular complexity index is 1330. The van der Waals surface area contributed by atoms with Crippen LogP contribution in [0.3, 0.4) is 0 Å². The molecule has 3 aromatic rings. The Kier molecular flexibility index (Phi) is 9.87. The summed E-state index contributed by atoms with van der Waals surface area (Å²) in [5.41, 5.74) is 1.95. The molecule has 1 saturated heterocycles. The molecular formula is C30H35F2N5O4. The molecule has 2 atom stereocenters. The third-order valence-electron chi connectivity index (χ3n) is 7.06. The third kappa shape index (κ3) is 7.57. The minimum atomic E-state index is -0.861. The van der Waals surface area contributed by atoms with E-state index in [1.165, 1.54) is 39.2 Å². The number of hydrazine groups is 1. The SMILES string of the molecule is CN(Cc1ccc(F)cc1F)CC1N([C@H](CO)Cc2ccc(O)cc2)C(=O)CN(C)N1C(=O)NCc1ccccc1. The molecule has 1 aliphatic rings. The van der Waals surface area contributed by atoms with Gasteiger partial charge in [-0.15, -0.1) is 0 Å². The van der Waals surface area contributed by atoms with Crippen LogP contribution in [0.15, 0.2) is 72.8 Å². The molecule has 41 heavy (non-hydrogen) atoms. The number of urea groups is 1. The Balaban J connectivity index is 1.62. The Hall–Kier alpha value is -4.06.